The van der Waals surface area contributed by atoms with E-state index in [2.05, 4.69) is 23.0 Å². The number of aromatic nitrogens is 2. The van der Waals surface area contributed by atoms with Gasteiger partial charge in [0.05, 0.1) is 23.1 Å². The normalized spacial score (nSPS) is 11.4. The highest BCUT2D eigenvalue weighted by atomic mass is 35.5. The van der Waals surface area contributed by atoms with E-state index in [-0.39, 0.29) is 5.91 Å². The van der Waals surface area contributed by atoms with Crippen molar-refractivity contribution in [2.45, 2.75) is 33.9 Å². The van der Waals surface area contributed by atoms with Crippen LogP contribution in [0, 0.1) is 0 Å². The van der Waals surface area contributed by atoms with Gasteiger partial charge in [-0.15, -0.1) is 0 Å². The summed E-state index contributed by atoms with van der Waals surface area (Å²) in [6.07, 6.45) is 3.77. The van der Waals surface area contributed by atoms with Gasteiger partial charge in [-0.25, -0.2) is 9.13 Å². The summed E-state index contributed by atoms with van der Waals surface area (Å²) in [5.41, 5.74) is 2.86. The molecular weight excluding hydrogens is 381 g/mol. The smallest absolute Gasteiger partial charge is 0.283 e. The van der Waals surface area contributed by atoms with E-state index in [0.717, 1.165) is 35.6 Å². The summed E-state index contributed by atoms with van der Waals surface area (Å²) in [4.78, 5) is 13.8. The Morgan fingerprint density at radius 1 is 1.15 bits per heavy atom. The summed E-state index contributed by atoms with van der Waals surface area (Å²) in [5, 5.41) is 1.06. The molecular formula is C21H22Cl2N3O+. The Balaban J connectivity index is 2.15. The molecule has 1 heterocycles. The molecule has 1 amide bonds. The number of fused-ring (bicyclic) bond motifs is 1. The number of rotatable bonds is 5. The van der Waals surface area contributed by atoms with Crippen molar-refractivity contribution in [3.8, 4) is 0 Å². The maximum absolute atomic E-state index is 12.2. The Hall–Kier alpha value is -2.30. The maximum atomic E-state index is 12.2. The van der Waals surface area contributed by atoms with Crippen LogP contribution in [-0.4, -0.2) is 10.5 Å². The summed E-state index contributed by atoms with van der Waals surface area (Å²) < 4.78 is 4.34. The zero-order valence-corrected chi connectivity index (χ0v) is 17.1. The molecule has 0 saturated heterocycles. The second-order valence-corrected chi connectivity index (χ2v) is 6.96. The van der Waals surface area contributed by atoms with Crippen LogP contribution in [0.3, 0.4) is 0 Å². The van der Waals surface area contributed by atoms with Gasteiger partial charge in [0.2, 0.25) is 5.91 Å². The van der Waals surface area contributed by atoms with Crippen LogP contribution in [0.4, 0.5) is 5.69 Å². The number of anilines is 1. The molecule has 140 valence electrons. The first-order valence-electron chi connectivity index (χ1n) is 8.92. The van der Waals surface area contributed by atoms with Crippen molar-refractivity contribution >= 4 is 51.9 Å². The number of benzene rings is 2. The fourth-order valence-corrected chi connectivity index (χ4v) is 3.61. The third-order valence-electron chi connectivity index (χ3n) is 4.53. The molecule has 0 N–H and O–H groups in total. The molecule has 6 heteroatoms. The number of carbonyl (C=O) groups is 1. The lowest BCUT2D eigenvalue weighted by molar-refractivity contribution is -0.670. The molecule has 1 aromatic heterocycles. The van der Waals surface area contributed by atoms with Gasteiger partial charge in [0.25, 0.3) is 5.82 Å². The van der Waals surface area contributed by atoms with Gasteiger partial charge in [-0.05, 0) is 26.0 Å². The lowest BCUT2D eigenvalue weighted by Crippen LogP contribution is -2.35. The second kappa shape index (κ2) is 8.15. The number of carbonyl (C=O) groups excluding carboxylic acids is 1. The van der Waals surface area contributed by atoms with Crippen LogP contribution in [-0.2, 0) is 17.9 Å². The highest BCUT2D eigenvalue weighted by molar-refractivity contribution is 6.42. The van der Waals surface area contributed by atoms with Crippen molar-refractivity contribution in [3.63, 3.8) is 0 Å². The Morgan fingerprint density at radius 2 is 1.81 bits per heavy atom. The fraction of sp³-hybridized carbons (Fsp3) is 0.238. The largest absolute Gasteiger partial charge is 0.288 e. The number of nitrogens with zero attached hydrogens (tertiary/aromatic N) is 3. The number of para-hydroxylation sites is 1. The van der Waals surface area contributed by atoms with Crippen molar-refractivity contribution in [2.24, 2.45) is 0 Å². The molecule has 4 nitrogen and oxygen atoms in total. The summed E-state index contributed by atoms with van der Waals surface area (Å²) in [6.45, 7) is 7.26. The van der Waals surface area contributed by atoms with E-state index in [4.69, 9.17) is 23.2 Å². The molecule has 0 radical (unpaired) electrons. The fourth-order valence-electron chi connectivity index (χ4n) is 3.30. The van der Waals surface area contributed by atoms with Crippen LogP contribution in [0.15, 0.2) is 48.7 Å². The van der Waals surface area contributed by atoms with Gasteiger partial charge in [-0.1, -0.05) is 41.4 Å². The van der Waals surface area contributed by atoms with E-state index in [9.17, 15) is 4.79 Å². The number of aryl methyl sites for hydroxylation is 2. The lowest BCUT2D eigenvalue weighted by Gasteiger charge is -2.15. The van der Waals surface area contributed by atoms with E-state index in [1.807, 2.05) is 54.7 Å². The molecule has 0 saturated carbocycles. The minimum Gasteiger partial charge on any atom is -0.288 e. The zero-order valence-electron chi connectivity index (χ0n) is 15.6. The third kappa shape index (κ3) is 3.73. The van der Waals surface area contributed by atoms with E-state index < -0.39 is 0 Å². The Labute approximate surface area is 169 Å². The average Bonchev–Trinajstić information content (AvgIpc) is 2.94. The molecule has 0 atom stereocenters. The summed E-state index contributed by atoms with van der Waals surface area (Å²) in [5.74, 6) is 0.932. The Bertz CT molecular complexity index is 962. The molecule has 2 aromatic carbocycles. The van der Waals surface area contributed by atoms with Gasteiger partial charge < -0.3 is 0 Å². The zero-order chi connectivity index (χ0) is 19.6. The van der Waals surface area contributed by atoms with Crippen molar-refractivity contribution < 1.29 is 9.36 Å². The van der Waals surface area contributed by atoms with E-state index in [1.54, 1.807) is 11.8 Å². The van der Waals surface area contributed by atoms with Gasteiger partial charge in [0, 0.05) is 37.0 Å². The minimum absolute atomic E-state index is 0.0502. The maximum Gasteiger partial charge on any atom is 0.283 e. The first-order chi connectivity index (χ1) is 13.0. The molecule has 0 bridgehead atoms. The highest BCUT2D eigenvalue weighted by Gasteiger charge is 2.23. The predicted octanol–water partition coefficient (Wildman–Crippen LogP) is 5.30. The SMILES string of the molecule is CCn1c(C=CN(C(C)=O)c2ccccc2)[n+](CC)c2cc(Cl)c(Cl)cc21. The molecule has 27 heavy (non-hydrogen) atoms. The van der Waals surface area contributed by atoms with Crippen molar-refractivity contribution in [1.82, 2.24) is 4.57 Å². The Kier molecular flexibility index (Phi) is 5.88. The minimum atomic E-state index is -0.0502. The van der Waals surface area contributed by atoms with E-state index in [0.29, 0.717) is 10.0 Å². The van der Waals surface area contributed by atoms with Crippen molar-refractivity contribution in [1.29, 1.82) is 0 Å². The molecule has 0 aliphatic carbocycles. The summed E-state index contributed by atoms with van der Waals surface area (Å²) >= 11 is 12.5. The monoisotopic (exact) mass is 402 g/mol. The van der Waals surface area contributed by atoms with Gasteiger partial charge in [-0.3, -0.25) is 9.69 Å². The molecule has 3 aromatic rings. The van der Waals surface area contributed by atoms with Crippen LogP contribution >= 0.6 is 23.2 Å². The van der Waals surface area contributed by atoms with Crippen LogP contribution < -0.4 is 9.47 Å². The highest BCUT2D eigenvalue weighted by Crippen LogP contribution is 2.28. The van der Waals surface area contributed by atoms with Gasteiger partial charge >= 0.3 is 0 Å². The summed E-state index contributed by atoms with van der Waals surface area (Å²) in [6, 6.07) is 13.4. The van der Waals surface area contributed by atoms with Gasteiger partial charge in [0.1, 0.15) is 0 Å². The first kappa shape index (κ1) is 19.5. The topological polar surface area (TPSA) is 29.1 Å². The molecule has 0 spiro atoms. The number of imidazole rings is 1. The molecule has 0 fully saturated rings. The average molecular weight is 403 g/mol. The third-order valence-corrected chi connectivity index (χ3v) is 5.25. The molecule has 3 rings (SSSR count). The first-order valence-corrected chi connectivity index (χ1v) is 9.67. The lowest BCUT2D eigenvalue weighted by atomic mass is 10.3. The van der Waals surface area contributed by atoms with Gasteiger partial charge in [0.15, 0.2) is 11.0 Å². The predicted molar refractivity (Wildman–Crippen MR) is 112 cm³/mol. The van der Waals surface area contributed by atoms with Crippen LogP contribution in [0.5, 0.6) is 0 Å². The summed E-state index contributed by atoms with van der Waals surface area (Å²) in [7, 11) is 0. The van der Waals surface area contributed by atoms with Crippen molar-refractivity contribution in [2.75, 3.05) is 4.90 Å². The van der Waals surface area contributed by atoms with Crippen LogP contribution in [0.2, 0.25) is 10.0 Å². The molecule has 0 unspecified atom stereocenters. The van der Waals surface area contributed by atoms with Gasteiger partial charge in [-0.2, -0.15) is 0 Å². The number of halogens is 2. The Morgan fingerprint density at radius 3 is 2.41 bits per heavy atom. The van der Waals surface area contributed by atoms with E-state index >= 15 is 0 Å². The molecule has 0 aliphatic heterocycles. The van der Waals surface area contributed by atoms with E-state index in [1.165, 1.54) is 0 Å². The van der Waals surface area contributed by atoms with Crippen LogP contribution in [0.1, 0.15) is 26.6 Å². The number of amides is 1. The molecule has 0 aliphatic rings. The standard InChI is InChI=1S/C21H22Cl2N3O/c1-4-24-19-13-17(22)18(23)14-20(19)25(5-2)21(24)11-12-26(15(3)27)16-9-7-6-8-10-16/h6-14H,4-5H2,1-3H3/q+1. The number of hydrogen-bond donors (Lipinski definition) is 0. The quantitative estimate of drug-likeness (QED) is 0.532. The second-order valence-electron chi connectivity index (χ2n) is 6.14. The van der Waals surface area contributed by atoms with Crippen molar-refractivity contribution in [3.05, 3.63) is 64.5 Å². The number of hydrogen-bond acceptors (Lipinski definition) is 1. The van der Waals surface area contributed by atoms with Crippen LogP contribution in [0.25, 0.3) is 17.1 Å².